The average molecular weight is 346 g/mol. The van der Waals surface area contributed by atoms with Crippen LogP contribution in [-0.4, -0.2) is 33.1 Å². The summed E-state index contributed by atoms with van der Waals surface area (Å²) in [5.41, 5.74) is 0. The molecule has 1 aromatic carbocycles. The Morgan fingerprint density at radius 2 is 1.81 bits per heavy atom. The summed E-state index contributed by atoms with van der Waals surface area (Å²) in [6.45, 7) is 1.17. The van der Waals surface area contributed by atoms with Crippen LogP contribution in [0, 0.1) is 0 Å². The summed E-state index contributed by atoms with van der Waals surface area (Å²) in [6, 6.07) is 4.54. The lowest BCUT2D eigenvalue weighted by molar-refractivity contribution is -0.274. The molecule has 1 fully saturated rings. The number of piperidine rings is 1. The van der Waals surface area contributed by atoms with Crippen molar-refractivity contribution in [2.24, 2.45) is 0 Å². The second kappa shape index (κ2) is 6.85. The smallest absolute Gasteiger partial charge is 0.406 e. The molecule has 0 spiro atoms. The number of hydrogen-bond acceptors (Lipinski definition) is 4. The van der Waals surface area contributed by atoms with E-state index in [1.54, 1.807) is 0 Å². The van der Waals surface area contributed by atoms with Gasteiger partial charge in [0.15, 0.2) is 9.84 Å². The molecule has 0 radical (unpaired) electrons. The summed E-state index contributed by atoms with van der Waals surface area (Å²) >= 11 is 0. The first-order valence-corrected chi connectivity index (χ1v) is 7.64. The molecule has 1 aliphatic heterocycles. The summed E-state index contributed by atoms with van der Waals surface area (Å²) in [7, 11) is -3.63. The molecule has 0 amide bonds. The molecule has 0 atom stereocenters. The lowest BCUT2D eigenvalue weighted by Gasteiger charge is -2.22. The Labute approximate surface area is 127 Å². The van der Waals surface area contributed by atoms with E-state index in [0.717, 1.165) is 12.1 Å². The van der Waals surface area contributed by atoms with Crippen molar-refractivity contribution >= 4 is 22.2 Å². The Kier molecular flexibility index (Phi) is 5.89. The SMILES string of the molecule is Cl.O=S(=O)(c1cccc(OC(F)(F)F)c1)C1CCNCC1. The maximum absolute atomic E-state index is 12.3. The van der Waals surface area contributed by atoms with Crippen LogP contribution in [-0.2, 0) is 9.84 Å². The van der Waals surface area contributed by atoms with Crippen molar-refractivity contribution in [3.63, 3.8) is 0 Å². The van der Waals surface area contributed by atoms with Crippen LogP contribution in [0.25, 0.3) is 0 Å². The Morgan fingerprint density at radius 3 is 2.38 bits per heavy atom. The maximum atomic E-state index is 12.3. The predicted octanol–water partition coefficient (Wildman–Crippen LogP) is 2.53. The van der Waals surface area contributed by atoms with E-state index in [2.05, 4.69) is 10.1 Å². The number of sulfone groups is 1. The Bertz CT molecular complexity index is 571. The molecule has 1 saturated heterocycles. The number of halogens is 4. The maximum Gasteiger partial charge on any atom is 0.573 e. The minimum absolute atomic E-state index is 0. The van der Waals surface area contributed by atoms with Gasteiger partial charge < -0.3 is 10.1 Å². The van der Waals surface area contributed by atoms with Crippen LogP contribution < -0.4 is 10.1 Å². The number of nitrogens with one attached hydrogen (secondary N) is 1. The fraction of sp³-hybridized carbons (Fsp3) is 0.500. The van der Waals surface area contributed by atoms with Crippen molar-refractivity contribution in [1.29, 1.82) is 0 Å². The van der Waals surface area contributed by atoms with Gasteiger partial charge >= 0.3 is 6.36 Å². The van der Waals surface area contributed by atoms with Crippen molar-refractivity contribution in [2.45, 2.75) is 29.3 Å². The van der Waals surface area contributed by atoms with Gasteiger partial charge in [0.1, 0.15) is 5.75 Å². The largest absolute Gasteiger partial charge is 0.573 e. The third-order valence-electron chi connectivity index (χ3n) is 3.09. The predicted molar refractivity (Wildman–Crippen MR) is 73.5 cm³/mol. The van der Waals surface area contributed by atoms with Gasteiger partial charge in [-0.15, -0.1) is 25.6 Å². The van der Waals surface area contributed by atoms with Crippen LogP contribution in [0.15, 0.2) is 29.2 Å². The Morgan fingerprint density at radius 1 is 1.19 bits per heavy atom. The van der Waals surface area contributed by atoms with Gasteiger partial charge in [-0.2, -0.15) is 0 Å². The molecule has 0 aromatic heterocycles. The van der Waals surface area contributed by atoms with E-state index >= 15 is 0 Å². The molecule has 1 heterocycles. The monoisotopic (exact) mass is 345 g/mol. The zero-order valence-corrected chi connectivity index (χ0v) is 12.5. The third kappa shape index (κ3) is 4.76. The van der Waals surface area contributed by atoms with Gasteiger partial charge in [-0.3, -0.25) is 0 Å². The van der Waals surface area contributed by atoms with E-state index in [4.69, 9.17) is 0 Å². The highest BCUT2D eigenvalue weighted by Crippen LogP contribution is 2.28. The van der Waals surface area contributed by atoms with E-state index in [1.165, 1.54) is 12.1 Å². The van der Waals surface area contributed by atoms with Gasteiger partial charge in [0, 0.05) is 0 Å². The lowest BCUT2D eigenvalue weighted by atomic mass is 10.2. The quantitative estimate of drug-likeness (QED) is 0.914. The van der Waals surface area contributed by atoms with Crippen molar-refractivity contribution in [3.8, 4) is 5.75 Å². The molecule has 0 bridgehead atoms. The summed E-state index contributed by atoms with van der Waals surface area (Å²) in [4.78, 5) is -0.133. The minimum Gasteiger partial charge on any atom is -0.406 e. The lowest BCUT2D eigenvalue weighted by Crippen LogP contribution is -2.35. The molecule has 1 aromatic rings. The second-order valence-electron chi connectivity index (χ2n) is 4.52. The van der Waals surface area contributed by atoms with Gasteiger partial charge in [-0.25, -0.2) is 8.42 Å². The van der Waals surface area contributed by atoms with Crippen molar-refractivity contribution < 1.29 is 26.3 Å². The highest BCUT2D eigenvalue weighted by molar-refractivity contribution is 7.92. The van der Waals surface area contributed by atoms with Crippen molar-refractivity contribution in [3.05, 3.63) is 24.3 Å². The fourth-order valence-electron chi connectivity index (χ4n) is 2.15. The number of alkyl halides is 3. The van der Waals surface area contributed by atoms with Crippen LogP contribution in [0.3, 0.4) is 0 Å². The minimum atomic E-state index is -4.84. The first kappa shape index (κ1) is 18.1. The number of benzene rings is 1. The van der Waals surface area contributed by atoms with E-state index in [9.17, 15) is 21.6 Å². The number of ether oxygens (including phenoxy) is 1. The van der Waals surface area contributed by atoms with Crippen LogP contribution in [0.5, 0.6) is 5.75 Å². The summed E-state index contributed by atoms with van der Waals surface area (Å²) in [5, 5.41) is 2.48. The van der Waals surface area contributed by atoms with Gasteiger partial charge in [-0.1, -0.05) is 6.07 Å². The summed E-state index contributed by atoms with van der Waals surface area (Å²) in [5.74, 6) is -0.521. The molecule has 1 N–H and O–H groups in total. The molecule has 120 valence electrons. The third-order valence-corrected chi connectivity index (χ3v) is 5.35. The second-order valence-corrected chi connectivity index (χ2v) is 6.75. The van der Waals surface area contributed by atoms with E-state index in [0.29, 0.717) is 25.9 Å². The molecule has 21 heavy (non-hydrogen) atoms. The molecule has 0 unspecified atom stereocenters. The van der Waals surface area contributed by atoms with E-state index < -0.39 is 27.2 Å². The highest BCUT2D eigenvalue weighted by Gasteiger charge is 2.33. The first-order chi connectivity index (χ1) is 9.29. The van der Waals surface area contributed by atoms with Gasteiger partial charge in [0.25, 0.3) is 0 Å². The van der Waals surface area contributed by atoms with Crippen molar-refractivity contribution in [2.75, 3.05) is 13.1 Å². The summed E-state index contributed by atoms with van der Waals surface area (Å²) in [6.07, 6.45) is -3.93. The van der Waals surface area contributed by atoms with Crippen LogP contribution >= 0.6 is 12.4 Å². The fourth-order valence-corrected chi connectivity index (χ4v) is 3.94. The molecular weight excluding hydrogens is 331 g/mol. The van der Waals surface area contributed by atoms with Crippen LogP contribution in [0.1, 0.15) is 12.8 Å². The number of hydrogen-bond donors (Lipinski definition) is 1. The molecule has 0 aliphatic carbocycles. The normalized spacial score (nSPS) is 17.1. The molecular formula is C12H15ClF3NO3S. The van der Waals surface area contributed by atoms with Crippen LogP contribution in [0.4, 0.5) is 13.2 Å². The molecule has 0 saturated carbocycles. The molecule has 9 heteroatoms. The zero-order valence-electron chi connectivity index (χ0n) is 10.9. The van der Waals surface area contributed by atoms with E-state index in [-0.39, 0.29) is 17.3 Å². The number of rotatable bonds is 3. The van der Waals surface area contributed by atoms with Gasteiger partial charge in [0.2, 0.25) is 0 Å². The zero-order chi connectivity index (χ0) is 14.8. The summed E-state index contributed by atoms with van der Waals surface area (Å²) < 4.78 is 64.9. The van der Waals surface area contributed by atoms with Gasteiger partial charge in [-0.05, 0) is 44.1 Å². The Balaban J connectivity index is 0.00000220. The van der Waals surface area contributed by atoms with Gasteiger partial charge in [0.05, 0.1) is 10.1 Å². The standard InChI is InChI=1S/C12H14F3NO3S.ClH/c13-12(14,15)19-9-2-1-3-11(8-9)20(17,18)10-4-6-16-7-5-10;/h1-3,8,10,16H,4-7H2;1H. The molecule has 1 aliphatic rings. The molecule has 4 nitrogen and oxygen atoms in total. The molecule has 2 rings (SSSR count). The van der Waals surface area contributed by atoms with Crippen LogP contribution in [0.2, 0.25) is 0 Å². The highest BCUT2D eigenvalue weighted by atomic mass is 35.5. The van der Waals surface area contributed by atoms with Crippen molar-refractivity contribution in [1.82, 2.24) is 5.32 Å². The Hall–Kier alpha value is -0.990. The first-order valence-electron chi connectivity index (χ1n) is 6.09. The average Bonchev–Trinajstić information content (AvgIpc) is 2.38. The van der Waals surface area contributed by atoms with E-state index in [1.807, 2.05) is 0 Å². The topological polar surface area (TPSA) is 55.4 Å².